The van der Waals surface area contributed by atoms with Crippen molar-refractivity contribution in [2.24, 2.45) is 0 Å². The highest BCUT2D eigenvalue weighted by atomic mass is 16.5. The van der Waals surface area contributed by atoms with Crippen molar-refractivity contribution in [3.63, 3.8) is 0 Å². The van der Waals surface area contributed by atoms with Gasteiger partial charge in [0.05, 0.1) is 6.61 Å². The second kappa shape index (κ2) is 14.2. The van der Waals surface area contributed by atoms with Gasteiger partial charge in [-0.25, -0.2) is 9.59 Å². The fraction of sp³-hybridized carbons (Fsp3) is 0.385. The van der Waals surface area contributed by atoms with Crippen LogP contribution >= 0.6 is 0 Å². The van der Waals surface area contributed by atoms with Gasteiger partial charge in [-0.1, -0.05) is 100 Å². The van der Waals surface area contributed by atoms with E-state index in [9.17, 15) is 9.59 Å². The van der Waals surface area contributed by atoms with E-state index in [0.29, 0.717) is 12.4 Å². The van der Waals surface area contributed by atoms with Crippen LogP contribution in [0.3, 0.4) is 0 Å². The first-order chi connectivity index (χ1) is 14.7. The minimum absolute atomic E-state index is 0.379. The van der Waals surface area contributed by atoms with E-state index in [1.54, 1.807) is 12.1 Å². The van der Waals surface area contributed by atoms with Crippen LogP contribution in [0.5, 0.6) is 5.75 Å². The molecule has 0 heterocycles. The second-order valence-electron chi connectivity index (χ2n) is 7.26. The maximum absolute atomic E-state index is 12.1. The largest absolute Gasteiger partial charge is 0.463 e. The van der Waals surface area contributed by atoms with Crippen LogP contribution in [0.25, 0.3) is 11.1 Å². The zero-order valence-electron chi connectivity index (χ0n) is 17.8. The Morgan fingerprint density at radius 1 is 0.733 bits per heavy atom. The Hall–Kier alpha value is -2.88. The van der Waals surface area contributed by atoms with Gasteiger partial charge in [0.25, 0.3) is 0 Å². The van der Waals surface area contributed by atoms with Crippen LogP contribution < -0.4 is 4.74 Å². The minimum atomic E-state index is -0.609. The molecular formula is C26H32O4. The number of ether oxygens (including phenoxy) is 2. The van der Waals surface area contributed by atoms with Gasteiger partial charge in [0, 0.05) is 17.7 Å². The zero-order chi connectivity index (χ0) is 21.4. The Morgan fingerprint density at radius 2 is 1.33 bits per heavy atom. The predicted octanol–water partition coefficient (Wildman–Crippen LogP) is 6.50. The molecule has 0 spiro atoms. The molecule has 0 N–H and O–H groups in total. The SMILES string of the molecule is CCCCCCCCCCOC(=O)/C=C/C(=O)Oc1ccccc1-c1ccccc1. The van der Waals surface area contributed by atoms with E-state index in [-0.39, 0.29) is 0 Å². The summed E-state index contributed by atoms with van der Waals surface area (Å²) in [6.07, 6.45) is 11.7. The summed E-state index contributed by atoms with van der Waals surface area (Å²) in [5.41, 5.74) is 1.77. The third-order valence-electron chi connectivity index (χ3n) is 4.78. The molecule has 0 saturated carbocycles. The number of esters is 2. The molecule has 0 aromatic heterocycles. The highest BCUT2D eigenvalue weighted by Crippen LogP contribution is 2.29. The Bertz CT molecular complexity index is 796. The first-order valence-corrected chi connectivity index (χ1v) is 10.9. The summed E-state index contributed by atoms with van der Waals surface area (Å²) in [7, 11) is 0. The third kappa shape index (κ3) is 9.08. The van der Waals surface area contributed by atoms with E-state index in [4.69, 9.17) is 9.47 Å². The van der Waals surface area contributed by atoms with Crippen molar-refractivity contribution in [3.05, 3.63) is 66.7 Å². The fourth-order valence-corrected chi connectivity index (χ4v) is 3.15. The van der Waals surface area contributed by atoms with Crippen molar-refractivity contribution >= 4 is 11.9 Å². The van der Waals surface area contributed by atoms with Crippen molar-refractivity contribution in [2.45, 2.75) is 58.3 Å². The molecule has 2 aromatic carbocycles. The van der Waals surface area contributed by atoms with Gasteiger partial charge in [-0.3, -0.25) is 0 Å². The molecule has 30 heavy (non-hydrogen) atoms. The van der Waals surface area contributed by atoms with Crippen LogP contribution in [0.2, 0.25) is 0 Å². The lowest BCUT2D eigenvalue weighted by Crippen LogP contribution is -2.08. The number of hydrogen-bond donors (Lipinski definition) is 0. The number of carbonyl (C=O) groups excluding carboxylic acids is 2. The molecule has 0 fully saturated rings. The molecule has 0 saturated heterocycles. The number of rotatable bonds is 13. The molecule has 4 heteroatoms. The van der Waals surface area contributed by atoms with E-state index in [1.165, 1.54) is 38.5 Å². The molecule has 2 rings (SSSR count). The molecule has 0 bridgehead atoms. The molecule has 4 nitrogen and oxygen atoms in total. The fourth-order valence-electron chi connectivity index (χ4n) is 3.15. The van der Waals surface area contributed by atoms with Gasteiger partial charge in [0.15, 0.2) is 0 Å². The lowest BCUT2D eigenvalue weighted by atomic mass is 10.1. The quantitative estimate of drug-likeness (QED) is 0.164. The second-order valence-corrected chi connectivity index (χ2v) is 7.26. The van der Waals surface area contributed by atoms with Gasteiger partial charge in [0.2, 0.25) is 0 Å². The van der Waals surface area contributed by atoms with Crippen molar-refractivity contribution in [1.82, 2.24) is 0 Å². The molecule has 0 amide bonds. The van der Waals surface area contributed by atoms with Crippen LogP contribution in [0.4, 0.5) is 0 Å². The summed E-state index contributed by atoms with van der Waals surface area (Å²) < 4.78 is 10.6. The van der Waals surface area contributed by atoms with Crippen LogP contribution in [-0.4, -0.2) is 18.5 Å². The molecule has 0 aliphatic carbocycles. The topological polar surface area (TPSA) is 52.6 Å². The summed E-state index contributed by atoms with van der Waals surface area (Å²) >= 11 is 0. The van der Waals surface area contributed by atoms with E-state index >= 15 is 0 Å². The van der Waals surface area contributed by atoms with Crippen molar-refractivity contribution in [2.75, 3.05) is 6.61 Å². The highest BCUT2D eigenvalue weighted by molar-refractivity contribution is 5.93. The van der Waals surface area contributed by atoms with Crippen molar-refractivity contribution in [1.29, 1.82) is 0 Å². The smallest absolute Gasteiger partial charge is 0.336 e. The number of benzene rings is 2. The van der Waals surface area contributed by atoms with Gasteiger partial charge in [-0.05, 0) is 18.1 Å². The summed E-state index contributed by atoms with van der Waals surface area (Å²) in [6, 6.07) is 17.0. The summed E-state index contributed by atoms with van der Waals surface area (Å²) in [4.78, 5) is 23.9. The summed E-state index contributed by atoms with van der Waals surface area (Å²) in [6.45, 7) is 2.59. The Kier molecular flexibility index (Phi) is 11.0. The van der Waals surface area contributed by atoms with Gasteiger partial charge < -0.3 is 9.47 Å². The molecular weight excluding hydrogens is 376 g/mol. The number of unbranched alkanes of at least 4 members (excludes halogenated alkanes) is 7. The van der Waals surface area contributed by atoms with Gasteiger partial charge in [-0.2, -0.15) is 0 Å². The number of carbonyl (C=O) groups is 2. The van der Waals surface area contributed by atoms with Gasteiger partial charge in [0.1, 0.15) is 5.75 Å². The van der Waals surface area contributed by atoms with Crippen LogP contribution in [0.15, 0.2) is 66.7 Å². The molecule has 0 aliphatic heterocycles. The number of para-hydroxylation sites is 1. The van der Waals surface area contributed by atoms with E-state index < -0.39 is 11.9 Å². The van der Waals surface area contributed by atoms with Gasteiger partial charge in [-0.15, -0.1) is 0 Å². The van der Waals surface area contributed by atoms with E-state index in [1.807, 2.05) is 42.5 Å². The molecule has 2 aromatic rings. The average Bonchev–Trinajstić information content (AvgIpc) is 2.77. The maximum Gasteiger partial charge on any atom is 0.336 e. The van der Waals surface area contributed by atoms with Gasteiger partial charge >= 0.3 is 11.9 Å². The maximum atomic E-state index is 12.1. The third-order valence-corrected chi connectivity index (χ3v) is 4.78. The molecule has 0 aliphatic rings. The Morgan fingerprint density at radius 3 is 2.07 bits per heavy atom. The lowest BCUT2D eigenvalue weighted by Gasteiger charge is -2.08. The molecule has 0 atom stereocenters. The Labute approximate surface area is 179 Å². The van der Waals surface area contributed by atoms with Crippen molar-refractivity contribution < 1.29 is 19.1 Å². The molecule has 160 valence electrons. The molecule has 0 unspecified atom stereocenters. The van der Waals surface area contributed by atoms with Crippen molar-refractivity contribution in [3.8, 4) is 16.9 Å². The lowest BCUT2D eigenvalue weighted by molar-refractivity contribution is -0.138. The van der Waals surface area contributed by atoms with E-state index in [0.717, 1.165) is 36.1 Å². The summed E-state index contributed by atoms with van der Waals surface area (Å²) in [5, 5.41) is 0. The monoisotopic (exact) mass is 408 g/mol. The highest BCUT2D eigenvalue weighted by Gasteiger charge is 2.09. The first-order valence-electron chi connectivity index (χ1n) is 10.9. The molecule has 0 radical (unpaired) electrons. The predicted molar refractivity (Wildman–Crippen MR) is 120 cm³/mol. The van der Waals surface area contributed by atoms with Crippen LogP contribution in [0, 0.1) is 0 Å². The standard InChI is InChI=1S/C26H32O4/c1-2-3-4-5-6-7-8-14-21-29-25(27)19-20-26(28)30-24-18-13-12-17-23(24)22-15-10-9-11-16-22/h9-13,15-20H,2-8,14,21H2,1H3/b20-19+. The van der Waals surface area contributed by atoms with Crippen LogP contribution in [0.1, 0.15) is 58.3 Å². The summed E-state index contributed by atoms with van der Waals surface area (Å²) in [5.74, 6) is -0.681. The van der Waals surface area contributed by atoms with E-state index in [2.05, 4.69) is 6.92 Å². The van der Waals surface area contributed by atoms with Crippen LogP contribution in [-0.2, 0) is 14.3 Å². The number of hydrogen-bond acceptors (Lipinski definition) is 4. The zero-order valence-corrected chi connectivity index (χ0v) is 17.8. The average molecular weight is 409 g/mol. The Balaban J connectivity index is 1.69. The minimum Gasteiger partial charge on any atom is -0.463 e. The first kappa shape index (κ1) is 23.4. The normalized spacial score (nSPS) is 10.8.